The molecule has 0 aliphatic heterocycles. The van der Waals surface area contributed by atoms with Crippen molar-refractivity contribution in [2.24, 2.45) is 11.1 Å². The maximum Gasteiger partial charge on any atom is 0.0803 e. The normalized spacial score (nSPS) is 34.8. The van der Waals surface area contributed by atoms with Gasteiger partial charge >= 0.3 is 0 Å². The van der Waals surface area contributed by atoms with Crippen LogP contribution in [0.1, 0.15) is 52.9 Å². The molecule has 2 unspecified atom stereocenters. The Labute approximate surface area is 81.5 Å². The molecule has 0 aromatic heterocycles. The molecular weight excluding hydrogens is 162 g/mol. The summed E-state index contributed by atoms with van der Waals surface area (Å²) in [7, 11) is 0. The first-order valence-corrected chi connectivity index (χ1v) is 5.38. The second kappa shape index (κ2) is 3.58. The lowest BCUT2D eigenvalue weighted by Crippen LogP contribution is -2.46. The van der Waals surface area contributed by atoms with Gasteiger partial charge in [0.15, 0.2) is 0 Å². The summed E-state index contributed by atoms with van der Waals surface area (Å²) in [6.45, 7) is 6.54. The molecule has 3 N–H and O–H groups in total. The molecule has 0 heterocycles. The average molecular weight is 185 g/mol. The predicted octanol–water partition coefficient (Wildman–Crippen LogP) is 2.05. The number of hydrogen-bond donors (Lipinski definition) is 2. The molecule has 0 aromatic carbocycles. The van der Waals surface area contributed by atoms with Crippen LogP contribution in [0.4, 0.5) is 0 Å². The molecule has 1 fully saturated rings. The fourth-order valence-corrected chi connectivity index (χ4v) is 2.46. The van der Waals surface area contributed by atoms with Gasteiger partial charge in [-0.05, 0) is 31.1 Å². The van der Waals surface area contributed by atoms with Crippen molar-refractivity contribution >= 4 is 0 Å². The van der Waals surface area contributed by atoms with E-state index in [1.54, 1.807) is 0 Å². The van der Waals surface area contributed by atoms with Gasteiger partial charge in [0.1, 0.15) is 0 Å². The van der Waals surface area contributed by atoms with E-state index in [0.717, 1.165) is 32.1 Å². The van der Waals surface area contributed by atoms with Gasteiger partial charge in [0.05, 0.1) is 5.60 Å². The monoisotopic (exact) mass is 185 g/mol. The lowest BCUT2D eigenvalue weighted by atomic mass is 9.85. The van der Waals surface area contributed by atoms with Crippen LogP contribution in [0.5, 0.6) is 0 Å². The quantitative estimate of drug-likeness (QED) is 0.707. The zero-order valence-corrected chi connectivity index (χ0v) is 9.14. The first kappa shape index (κ1) is 11.0. The van der Waals surface area contributed by atoms with E-state index in [1.165, 1.54) is 0 Å². The summed E-state index contributed by atoms with van der Waals surface area (Å²) < 4.78 is 0. The van der Waals surface area contributed by atoms with Crippen LogP contribution in [0.2, 0.25) is 0 Å². The molecule has 2 atom stereocenters. The fourth-order valence-electron chi connectivity index (χ4n) is 2.46. The van der Waals surface area contributed by atoms with E-state index in [9.17, 15) is 5.11 Å². The summed E-state index contributed by atoms with van der Waals surface area (Å²) >= 11 is 0. The van der Waals surface area contributed by atoms with E-state index < -0.39 is 5.60 Å². The highest BCUT2D eigenvalue weighted by molar-refractivity contribution is 4.99. The molecule has 2 nitrogen and oxygen atoms in total. The Bertz CT molecular complexity index is 179. The molecule has 13 heavy (non-hydrogen) atoms. The van der Waals surface area contributed by atoms with Crippen LogP contribution >= 0.6 is 0 Å². The SMILES string of the molecule is CCCC(N)C1(O)CCC(C)(C)C1. The minimum atomic E-state index is -0.584. The molecule has 1 aliphatic rings. The summed E-state index contributed by atoms with van der Waals surface area (Å²) in [6.07, 6.45) is 4.83. The largest absolute Gasteiger partial charge is 0.388 e. The molecule has 0 radical (unpaired) electrons. The molecule has 0 aromatic rings. The number of nitrogens with two attached hydrogens (primary N) is 1. The molecular formula is C11H23NO. The maximum absolute atomic E-state index is 10.3. The first-order valence-electron chi connectivity index (χ1n) is 5.38. The Morgan fingerprint density at radius 1 is 1.38 bits per heavy atom. The molecule has 0 bridgehead atoms. The summed E-state index contributed by atoms with van der Waals surface area (Å²) in [5.74, 6) is 0. The van der Waals surface area contributed by atoms with Crippen molar-refractivity contribution in [3.8, 4) is 0 Å². The van der Waals surface area contributed by atoms with Gasteiger partial charge in [-0.15, -0.1) is 0 Å². The Kier molecular flexibility index (Phi) is 3.03. The third-order valence-electron chi connectivity index (χ3n) is 3.31. The lowest BCUT2D eigenvalue weighted by molar-refractivity contribution is 0.00907. The fraction of sp³-hybridized carbons (Fsp3) is 1.00. The van der Waals surface area contributed by atoms with E-state index in [1.807, 2.05) is 0 Å². The molecule has 1 aliphatic carbocycles. The van der Waals surface area contributed by atoms with E-state index >= 15 is 0 Å². The van der Waals surface area contributed by atoms with Crippen LogP contribution in [0.25, 0.3) is 0 Å². The zero-order chi connectivity index (χ0) is 10.1. The average Bonchev–Trinajstić information content (AvgIpc) is 2.28. The third kappa shape index (κ3) is 2.44. The van der Waals surface area contributed by atoms with Crippen molar-refractivity contribution in [1.82, 2.24) is 0 Å². The predicted molar refractivity (Wildman–Crippen MR) is 55.5 cm³/mol. The van der Waals surface area contributed by atoms with Crippen LogP contribution in [0.15, 0.2) is 0 Å². The highest BCUT2D eigenvalue weighted by Crippen LogP contribution is 2.45. The molecule has 2 heteroatoms. The van der Waals surface area contributed by atoms with Gasteiger partial charge in [0.2, 0.25) is 0 Å². The van der Waals surface area contributed by atoms with Gasteiger partial charge < -0.3 is 10.8 Å². The Balaban J connectivity index is 2.58. The lowest BCUT2D eigenvalue weighted by Gasteiger charge is -2.31. The minimum Gasteiger partial charge on any atom is -0.388 e. The molecule has 1 saturated carbocycles. The number of rotatable bonds is 3. The van der Waals surface area contributed by atoms with Crippen molar-refractivity contribution in [3.05, 3.63) is 0 Å². The van der Waals surface area contributed by atoms with Crippen LogP contribution in [-0.4, -0.2) is 16.7 Å². The molecule has 0 saturated heterocycles. The molecule has 1 rings (SSSR count). The molecule has 78 valence electrons. The van der Waals surface area contributed by atoms with E-state index in [-0.39, 0.29) is 11.5 Å². The third-order valence-corrected chi connectivity index (χ3v) is 3.31. The molecule has 0 spiro atoms. The molecule has 0 amide bonds. The van der Waals surface area contributed by atoms with Crippen LogP contribution in [0.3, 0.4) is 0 Å². The Morgan fingerprint density at radius 2 is 2.00 bits per heavy atom. The second-order valence-corrected chi connectivity index (χ2v) is 5.34. The van der Waals surface area contributed by atoms with E-state index in [4.69, 9.17) is 5.73 Å². The summed E-state index contributed by atoms with van der Waals surface area (Å²) in [5.41, 5.74) is 5.69. The smallest absolute Gasteiger partial charge is 0.0803 e. The summed E-state index contributed by atoms with van der Waals surface area (Å²) in [6, 6.07) is -0.0284. The van der Waals surface area contributed by atoms with Crippen LogP contribution in [0, 0.1) is 5.41 Å². The summed E-state index contributed by atoms with van der Waals surface area (Å²) in [5, 5.41) is 10.3. The van der Waals surface area contributed by atoms with Crippen molar-refractivity contribution < 1.29 is 5.11 Å². The van der Waals surface area contributed by atoms with Gasteiger partial charge in [0.25, 0.3) is 0 Å². The highest BCUT2D eigenvalue weighted by Gasteiger charge is 2.45. The Hall–Kier alpha value is -0.0800. The van der Waals surface area contributed by atoms with Gasteiger partial charge in [-0.3, -0.25) is 0 Å². The van der Waals surface area contributed by atoms with Gasteiger partial charge in [-0.2, -0.15) is 0 Å². The van der Waals surface area contributed by atoms with Gasteiger partial charge in [-0.1, -0.05) is 27.2 Å². The maximum atomic E-state index is 10.3. The number of hydrogen-bond acceptors (Lipinski definition) is 2. The zero-order valence-electron chi connectivity index (χ0n) is 9.14. The van der Waals surface area contributed by atoms with Crippen LogP contribution in [-0.2, 0) is 0 Å². The number of aliphatic hydroxyl groups is 1. The topological polar surface area (TPSA) is 46.2 Å². The van der Waals surface area contributed by atoms with Crippen molar-refractivity contribution in [2.75, 3.05) is 0 Å². The highest BCUT2D eigenvalue weighted by atomic mass is 16.3. The van der Waals surface area contributed by atoms with Gasteiger partial charge in [0, 0.05) is 6.04 Å². The van der Waals surface area contributed by atoms with Crippen molar-refractivity contribution in [1.29, 1.82) is 0 Å². The van der Waals surface area contributed by atoms with Crippen LogP contribution < -0.4 is 5.73 Å². The minimum absolute atomic E-state index is 0.0284. The standard InChI is InChI=1S/C11H23NO/c1-4-5-9(12)11(13)7-6-10(2,3)8-11/h9,13H,4-8,12H2,1-3H3. The van der Waals surface area contributed by atoms with Crippen molar-refractivity contribution in [2.45, 2.75) is 64.5 Å². The van der Waals surface area contributed by atoms with Gasteiger partial charge in [-0.25, -0.2) is 0 Å². The second-order valence-electron chi connectivity index (χ2n) is 5.34. The summed E-state index contributed by atoms with van der Waals surface area (Å²) in [4.78, 5) is 0. The first-order chi connectivity index (χ1) is 5.90. The Morgan fingerprint density at radius 3 is 2.38 bits per heavy atom. The van der Waals surface area contributed by atoms with E-state index in [0.29, 0.717) is 0 Å². The van der Waals surface area contributed by atoms with E-state index in [2.05, 4.69) is 20.8 Å². The van der Waals surface area contributed by atoms with Crippen molar-refractivity contribution in [3.63, 3.8) is 0 Å².